The van der Waals surface area contributed by atoms with Crippen molar-refractivity contribution in [3.63, 3.8) is 0 Å². The predicted octanol–water partition coefficient (Wildman–Crippen LogP) is 4.31. The third kappa shape index (κ3) is 2.94. The number of allylic oxidation sites excluding steroid dienone is 2. The summed E-state index contributed by atoms with van der Waals surface area (Å²) in [6.07, 6.45) is 10.3. The van der Waals surface area contributed by atoms with Crippen LogP contribution in [-0.4, -0.2) is 4.57 Å². The first-order valence-electron chi connectivity index (χ1n) is 8.06. The standard InChI is InChI=1S/C19H23NO/c1-2-3-4-5-8-15-11-12-16-13-19(21)17-9-6-7-10-18(17)20(16)14-15/h3-4,6-7,9-10,13,15H,2,5,8,11-12,14H2,1H3/b4-3+/t15-/m0/s1. The Kier molecular flexibility index (Phi) is 4.23. The van der Waals surface area contributed by atoms with E-state index in [1.807, 2.05) is 24.3 Å². The minimum Gasteiger partial charge on any atom is -0.344 e. The molecule has 0 saturated heterocycles. The molecule has 1 aromatic carbocycles. The molecule has 2 heterocycles. The maximum absolute atomic E-state index is 12.2. The molecule has 0 aliphatic carbocycles. The van der Waals surface area contributed by atoms with Crippen LogP contribution in [0.15, 0.2) is 47.3 Å². The lowest BCUT2D eigenvalue weighted by atomic mass is 9.92. The highest BCUT2D eigenvalue weighted by Crippen LogP contribution is 2.26. The van der Waals surface area contributed by atoms with Crippen molar-refractivity contribution in [3.8, 4) is 0 Å². The molecule has 21 heavy (non-hydrogen) atoms. The summed E-state index contributed by atoms with van der Waals surface area (Å²) in [7, 11) is 0. The summed E-state index contributed by atoms with van der Waals surface area (Å²) in [6.45, 7) is 3.23. The van der Waals surface area contributed by atoms with Crippen molar-refractivity contribution < 1.29 is 0 Å². The van der Waals surface area contributed by atoms with Crippen molar-refractivity contribution in [2.75, 3.05) is 0 Å². The Labute approximate surface area is 126 Å². The number of fused-ring (bicyclic) bond motifs is 3. The molecule has 0 unspecified atom stereocenters. The molecule has 3 rings (SSSR count). The Morgan fingerprint density at radius 1 is 1.29 bits per heavy atom. The van der Waals surface area contributed by atoms with E-state index in [1.54, 1.807) is 0 Å². The summed E-state index contributed by atoms with van der Waals surface area (Å²) in [5.74, 6) is 0.727. The highest BCUT2D eigenvalue weighted by molar-refractivity contribution is 5.79. The van der Waals surface area contributed by atoms with Crippen molar-refractivity contribution in [1.82, 2.24) is 4.57 Å². The first-order chi connectivity index (χ1) is 10.3. The summed E-state index contributed by atoms with van der Waals surface area (Å²) < 4.78 is 2.37. The minimum atomic E-state index is 0.168. The van der Waals surface area contributed by atoms with Crippen LogP contribution in [0.3, 0.4) is 0 Å². The second kappa shape index (κ2) is 6.30. The van der Waals surface area contributed by atoms with Crippen LogP contribution in [0.2, 0.25) is 0 Å². The predicted molar refractivity (Wildman–Crippen MR) is 88.7 cm³/mol. The third-order valence-electron chi connectivity index (χ3n) is 4.50. The zero-order valence-corrected chi connectivity index (χ0v) is 12.7. The van der Waals surface area contributed by atoms with Crippen LogP contribution >= 0.6 is 0 Å². The highest BCUT2D eigenvalue weighted by atomic mass is 16.1. The molecule has 0 spiro atoms. The van der Waals surface area contributed by atoms with Crippen molar-refractivity contribution >= 4 is 10.9 Å². The van der Waals surface area contributed by atoms with Gasteiger partial charge < -0.3 is 4.57 Å². The summed E-state index contributed by atoms with van der Waals surface area (Å²) in [6, 6.07) is 9.85. The van der Waals surface area contributed by atoms with Crippen molar-refractivity contribution in [2.24, 2.45) is 5.92 Å². The molecule has 0 radical (unpaired) electrons. The molecule has 1 atom stereocenters. The smallest absolute Gasteiger partial charge is 0.189 e. The van der Waals surface area contributed by atoms with E-state index in [0.717, 1.165) is 36.2 Å². The zero-order valence-electron chi connectivity index (χ0n) is 12.7. The molecule has 2 heteroatoms. The number of hydrogen-bond acceptors (Lipinski definition) is 1. The minimum absolute atomic E-state index is 0.168. The third-order valence-corrected chi connectivity index (χ3v) is 4.50. The molecule has 1 aliphatic rings. The lowest BCUT2D eigenvalue weighted by Crippen LogP contribution is -2.24. The van der Waals surface area contributed by atoms with Gasteiger partial charge in [0, 0.05) is 23.7 Å². The summed E-state index contributed by atoms with van der Waals surface area (Å²) in [4.78, 5) is 12.2. The molecule has 0 saturated carbocycles. The number of para-hydroxylation sites is 1. The molecule has 1 aromatic heterocycles. The van der Waals surface area contributed by atoms with E-state index in [0.29, 0.717) is 0 Å². The van der Waals surface area contributed by atoms with Crippen LogP contribution in [-0.2, 0) is 13.0 Å². The molecule has 110 valence electrons. The average molecular weight is 281 g/mol. The van der Waals surface area contributed by atoms with Crippen LogP contribution in [0.4, 0.5) is 0 Å². The molecular formula is C19H23NO. The van der Waals surface area contributed by atoms with Gasteiger partial charge in [-0.15, -0.1) is 0 Å². The van der Waals surface area contributed by atoms with Gasteiger partial charge in [-0.1, -0.05) is 31.2 Å². The number of pyridine rings is 1. The first-order valence-corrected chi connectivity index (χ1v) is 8.06. The normalized spacial score (nSPS) is 18.2. The number of rotatable bonds is 4. The van der Waals surface area contributed by atoms with E-state index >= 15 is 0 Å². The van der Waals surface area contributed by atoms with Gasteiger partial charge in [0.1, 0.15) is 0 Å². The van der Waals surface area contributed by atoms with Gasteiger partial charge in [0.2, 0.25) is 0 Å². The number of benzene rings is 1. The van der Waals surface area contributed by atoms with Gasteiger partial charge in [-0.25, -0.2) is 0 Å². The molecule has 0 fully saturated rings. The van der Waals surface area contributed by atoms with Crippen molar-refractivity contribution in [1.29, 1.82) is 0 Å². The largest absolute Gasteiger partial charge is 0.344 e. The fourth-order valence-corrected chi connectivity index (χ4v) is 3.36. The Morgan fingerprint density at radius 3 is 3.00 bits per heavy atom. The number of nitrogens with zero attached hydrogens (tertiary/aromatic N) is 1. The topological polar surface area (TPSA) is 22.0 Å². The van der Waals surface area contributed by atoms with Crippen LogP contribution in [0.5, 0.6) is 0 Å². The van der Waals surface area contributed by atoms with Crippen LogP contribution in [0.25, 0.3) is 10.9 Å². The van der Waals surface area contributed by atoms with Gasteiger partial charge in [0.15, 0.2) is 5.43 Å². The molecule has 0 amide bonds. The molecule has 2 nitrogen and oxygen atoms in total. The molecule has 0 bridgehead atoms. The van der Waals surface area contributed by atoms with E-state index in [4.69, 9.17) is 0 Å². The van der Waals surface area contributed by atoms with Gasteiger partial charge in [-0.2, -0.15) is 0 Å². The van der Waals surface area contributed by atoms with Gasteiger partial charge in [-0.05, 0) is 50.2 Å². The Bertz CT molecular complexity index is 711. The van der Waals surface area contributed by atoms with Crippen molar-refractivity contribution in [2.45, 2.75) is 45.6 Å². The van der Waals surface area contributed by atoms with Gasteiger partial charge >= 0.3 is 0 Å². The van der Waals surface area contributed by atoms with E-state index in [9.17, 15) is 4.79 Å². The van der Waals surface area contributed by atoms with Gasteiger partial charge in [0.05, 0.1) is 5.52 Å². The number of aromatic nitrogens is 1. The van der Waals surface area contributed by atoms with E-state index in [-0.39, 0.29) is 5.43 Å². The fourth-order valence-electron chi connectivity index (χ4n) is 3.36. The molecule has 2 aromatic rings. The monoisotopic (exact) mass is 281 g/mol. The summed E-state index contributed by atoms with van der Waals surface area (Å²) in [5, 5.41) is 0.854. The average Bonchev–Trinajstić information content (AvgIpc) is 2.52. The number of hydrogen-bond donors (Lipinski definition) is 0. The molecule has 0 N–H and O–H groups in total. The Balaban J connectivity index is 1.86. The van der Waals surface area contributed by atoms with Crippen molar-refractivity contribution in [3.05, 3.63) is 58.4 Å². The first kappa shape index (κ1) is 14.1. The lowest BCUT2D eigenvalue weighted by Gasteiger charge is -2.28. The summed E-state index contributed by atoms with van der Waals surface area (Å²) in [5.41, 5.74) is 2.48. The fraction of sp³-hybridized carbons (Fsp3) is 0.421. The van der Waals surface area contributed by atoms with E-state index in [2.05, 4.69) is 29.7 Å². The zero-order chi connectivity index (χ0) is 14.7. The maximum atomic E-state index is 12.2. The number of aryl methyl sites for hydroxylation is 1. The second-order valence-corrected chi connectivity index (χ2v) is 5.99. The molecule has 1 aliphatic heterocycles. The van der Waals surface area contributed by atoms with Gasteiger partial charge in [-0.3, -0.25) is 4.79 Å². The SMILES string of the molecule is CC/C=C/CC[C@H]1CCc2cc(=O)c3ccccc3n2C1. The van der Waals surface area contributed by atoms with Crippen LogP contribution in [0, 0.1) is 5.92 Å². The highest BCUT2D eigenvalue weighted by Gasteiger charge is 2.19. The van der Waals surface area contributed by atoms with E-state index in [1.165, 1.54) is 25.0 Å². The quantitative estimate of drug-likeness (QED) is 0.765. The lowest BCUT2D eigenvalue weighted by molar-refractivity contribution is 0.354. The van der Waals surface area contributed by atoms with E-state index < -0.39 is 0 Å². The second-order valence-electron chi connectivity index (χ2n) is 5.99. The summed E-state index contributed by atoms with van der Waals surface area (Å²) >= 11 is 0. The van der Waals surface area contributed by atoms with Gasteiger partial charge in [0.25, 0.3) is 0 Å². The van der Waals surface area contributed by atoms with Crippen LogP contribution in [0.1, 0.15) is 38.3 Å². The Morgan fingerprint density at radius 2 is 2.14 bits per heavy atom. The Hall–Kier alpha value is -1.83. The molecular weight excluding hydrogens is 258 g/mol. The van der Waals surface area contributed by atoms with Crippen LogP contribution < -0.4 is 5.43 Å². The maximum Gasteiger partial charge on any atom is 0.189 e.